The SMILES string of the molecule is COc1cc(C)c(CCN)c(O)c1C. The molecule has 0 saturated carbocycles. The Labute approximate surface area is 84.5 Å². The number of benzene rings is 1. The minimum absolute atomic E-state index is 0.312. The third-order valence-electron chi connectivity index (χ3n) is 2.45. The second-order valence-electron chi connectivity index (χ2n) is 3.39. The molecule has 1 rings (SSSR count). The van der Waals surface area contributed by atoms with Crippen molar-refractivity contribution < 1.29 is 9.84 Å². The van der Waals surface area contributed by atoms with Gasteiger partial charge in [-0.15, -0.1) is 0 Å². The predicted molar refractivity (Wildman–Crippen MR) is 56.9 cm³/mol. The number of aryl methyl sites for hydroxylation is 1. The maximum atomic E-state index is 9.89. The van der Waals surface area contributed by atoms with Crippen LogP contribution in [0, 0.1) is 13.8 Å². The van der Waals surface area contributed by atoms with Gasteiger partial charge in [0.15, 0.2) is 0 Å². The lowest BCUT2D eigenvalue weighted by Crippen LogP contribution is -2.05. The Bertz CT molecular complexity index is 335. The Morgan fingerprint density at radius 1 is 1.43 bits per heavy atom. The van der Waals surface area contributed by atoms with E-state index >= 15 is 0 Å². The van der Waals surface area contributed by atoms with Crippen LogP contribution in [0.15, 0.2) is 6.07 Å². The van der Waals surface area contributed by atoms with Crippen molar-refractivity contribution in [2.24, 2.45) is 5.73 Å². The van der Waals surface area contributed by atoms with Crippen LogP contribution < -0.4 is 10.5 Å². The molecule has 0 fully saturated rings. The van der Waals surface area contributed by atoms with Crippen molar-refractivity contribution in [2.75, 3.05) is 13.7 Å². The van der Waals surface area contributed by atoms with E-state index in [-0.39, 0.29) is 0 Å². The first-order chi connectivity index (χ1) is 6.61. The maximum Gasteiger partial charge on any atom is 0.125 e. The Morgan fingerprint density at radius 2 is 2.07 bits per heavy atom. The summed E-state index contributed by atoms with van der Waals surface area (Å²) in [4.78, 5) is 0. The second kappa shape index (κ2) is 4.33. The Morgan fingerprint density at radius 3 is 2.57 bits per heavy atom. The van der Waals surface area contributed by atoms with Gasteiger partial charge in [-0.25, -0.2) is 0 Å². The average Bonchev–Trinajstić information content (AvgIpc) is 2.18. The van der Waals surface area contributed by atoms with Crippen LogP contribution in [0.5, 0.6) is 11.5 Å². The monoisotopic (exact) mass is 195 g/mol. The summed E-state index contributed by atoms with van der Waals surface area (Å²) in [5.41, 5.74) is 8.20. The molecule has 0 unspecified atom stereocenters. The molecule has 3 nitrogen and oxygen atoms in total. The van der Waals surface area contributed by atoms with Gasteiger partial charge in [0.2, 0.25) is 0 Å². The number of rotatable bonds is 3. The van der Waals surface area contributed by atoms with Crippen LogP contribution in [0.2, 0.25) is 0 Å². The van der Waals surface area contributed by atoms with Gasteiger partial charge in [0, 0.05) is 5.56 Å². The number of aromatic hydroxyl groups is 1. The fraction of sp³-hybridized carbons (Fsp3) is 0.455. The van der Waals surface area contributed by atoms with Crippen molar-refractivity contribution in [1.82, 2.24) is 0 Å². The normalized spacial score (nSPS) is 10.3. The highest BCUT2D eigenvalue weighted by Gasteiger charge is 2.11. The molecule has 3 N–H and O–H groups in total. The van der Waals surface area contributed by atoms with Crippen LogP contribution in [0.1, 0.15) is 16.7 Å². The number of methoxy groups -OCH3 is 1. The third-order valence-corrected chi connectivity index (χ3v) is 2.45. The van der Waals surface area contributed by atoms with Crippen molar-refractivity contribution >= 4 is 0 Å². The average molecular weight is 195 g/mol. The quantitative estimate of drug-likeness (QED) is 0.768. The molecule has 0 spiro atoms. The molecule has 0 bridgehead atoms. The van der Waals surface area contributed by atoms with Gasteiger partial charge in [-0.05, 0) is 44.0 Å². The lowest BCUT2D eigenvalue weighted by atomic mass is 10.0. The molecule has 0 radical (unpaired) electrons. The molecule has 0 aliphatic carbocycles. The van der Waals surface area contributed by atoms with Crippen LogP contribution in [0.25, 0.3) is 0 Å². The minimum Gasteiger partial charge on any atom is -0.507 e. The van der Waals surface area contributed by atoms with Gasteiger partial charge in [0.25, 0.3) is 0 Å². The van der Waals surface area contributed by atoms with Crippen molar-refractivity contribution in [2.45, 2.75) is 20.3 Å². The lowest BCUT2D eigenvalue weighted by Gasteiger charge is -2.13. The molecule has 0 amide bonds. The smallest absolute Gasteiger partial charge is 0.125 e. The van der Waals surface area contributed by atoms with Gasteiger partial charge in [-0.1, -0.05) is 0 Å². The minimum atomic E-state index is 0.312. The summed E-state index contributed by atoms with van der Waals surface area (Å²) < 4.78 is 5.15. The standard InChI is InChI=1S/C11H17NO2/c1-7-6-10(14-3)8(2)11(13)9(7)4-5-12/h6,13H,4-5,12H2,1-3H3. The first-order valence-electron chi connectivity index (χ1n) is 4.68. The van der Waals surface area contributed by atoms with E-state index in [4.69, 9.17) is 10.5 Å². The Hall–Kier alpha value is -1.22. The molecule has 0 aliphatic heterocycles. The second-order valence-corrected chi connectivity index (χ2v) is 3.39. The highest BCUT2D eigenvalue weighted by molar-refractivity contribution is 5.52. The molecule has 78 valence electrons. The molecule has 14 heavy (non-hydrogen) atoms. The fourth-order valence-electron chi connectivity index (χ4n) is 1.59. The van der Waals surface area contributed by atoms with E-state index in [1.807, 2.05) is 19.9 Å². The summed E-state index contributed by atoms with van der Waals surface area (Å²) in [6.45, 7) is 4.33. The molecular weight excluding hydrogens is 178 g/mol. The van der Waals surface area contributed by atoms with Crippen LogP contribution in [0.4, 0.5) is 0 Å². The van der Waals surface area contributed by atoms with Crippen molar-refractivity contribution in [3.63, 3.8) is 0 Å². The highest BCUT2D eigenvalue weighted by atomic mass is 16.5. The molecule has 0 aliphatic rings. The van der Waals surface area contributed by atoms with E-state index in [1.54, 1.807) is 7.11 Å². The van der Waals surface area contributed by atoms with E-state index in [2.05, 4.69) is 0 Å². The molecule has 3 heteroatoms. The summed E-state index contributed by atoms with van der Waals surface area (Å²) in [5.74, 6) is 1.04. The number of ether oxygens (including phenoxy) is 1. The van der Waals surface area contributed by atoms with Crippen LogP contribution in [-0.2, 0) is 6.42 Å². The molecule has 0 heterocycles. The van der Waals surface area contributed by atoms with Crippen molar-refractivity contribution in [1.29, 1.82) is 0 Å². The van der Waals surface area contributed by atoms with E-state index in [1.165, 1.54) is 0 Å². The third kappa shape index (κ3) is 1.82. The number of hydrogen-bond donors (Lipinski definition) is 2. The molecule has 0 atom stereocenters. The Balaban J connectivity index is 3.26. The zero-order valence-electron chi connectivity index (χ0n) is 8.92. The fourth-order valence-corrected chi connectivity index (χ4v) is 1.59. The summed E-state index contributed by atoms with van der Waals surface area (Å²) in [7, 11) is 1.60. The largest absolute Gasteiger partial charge is 0.507 e. The molecule has 0 saturated heterocycles. The van der Waals surface area contributed by atoms with E-state index in [0.717, 1.165) is 22.4 Å². The predicted octanol–water partition coefficient (Wildman–Crippen LogP) is 1.52. The Kier molecular flexibility index (Phi) is 3.36. The highest BCUT2D eigenvalue weighted by Crippen LogP contribution is 2.33. The number of hydrogen-bond acceptors (Lipinski definition) is 3. The maximum absolute atomic E-state index is 9.89. The van der Waals surface area contributed by atoms with Gasteiger partial charge in [-0.3, -0.25) is 0 Å². The van der Waals surface area contributed by atoms with Gasteiger partial charge in [0.1, 0.15) is 11.5 Å². The zero-order valence-corrected chi connectivity index (χ0v) is 8.92. The van der Waals surface area contributed by atoms with Crippen LogP contribution in [-0.4, -0.2) is 18.8 Å². The molecule has 0 aromatic heterocycles. The zero-order chi connectivity index (χ0) is 10.7. The molecular formula is C11H17NO2. The van der Waals surface area contributed by atoms with Gasteiger partial charge in [-0.2, -0.15) is 0 Å². The summed E-state index contributed by atoms with van der Waals surface area (Å²) in [6, 6.07) is 1.93. The van der Waals surface area contributed by atoms with Crippen molar-refractivity contribution in [3.8, 4) is 11.5 Å². The van der Waals surface area contributed by atoms with E-state index in [0.29, 0.717) is 18.7 Å². The lowest BCUT2D eigenvalue weighted by molar-refractivity contribution is 0.400. The number of phenolic OH excluding ortho intramolecular Hbond substituents is 1. The summed E-state index contributed by atoms with van der Waals surface area (Å²) in [6.07, 6.45) is 0.697. The van der Waals surface area contributed by atoms with Crippen molar-refractivity contribution in [3.05, 3.63) is 22.8 Å². The molecule has 1 aromatic rings. The first kappa shape index (κ1) is 10.9. The summed E-state index contributed by atoms with van der Waals surface area (Å²) in [5, 5.41) is 9.89. The number of phenols is 1. The van der Waals surface area contributed by atoms with E-state index < -0.39 is 0 Å². The van der Waals surface area contributed by atoms with Gasteiger partial charge >= 0.3 is 0 Å². The van der Waals surface area contributed by atoms with Crippen LogP contribution >= 0.6 is 0 Å². The van der Waals surface area contributed by atoms with Gasteiger partial charge in [0.05, 0.1) is 7.11 Å². The molecule has 1 aromatic carbocycles. The number of nitrogens with two attached hydrogens (primary N) is 1. The van der Waals surface area contributed by atoms with E-state index in [9.17, 15) is 5.11 Å². The van der Waals surface area contributed by atoms with Crippen LogP contribution in [0.3, 0.4) is 0 Å². The topological polar surface area (TPSA) is 55.5 Å². The first-order valence-corrected chi connectivity index (χ1v) is 4.68. The van der Waals surface area contributed by atoms with Gasteiger partial charge < -0.3 is 15.6 Å². The summed E-state index contributed by atoms with van der Waals surface area (Å²) >= 11 is 0.